The van der Waals surface area contributed by atoms with E-state index in [1.165, 1.54) is 6.92 Å². The molecule has 2 atom stereocenters. The average Bonchev–Trinajstić information content (AvgIpc) is 3.35. The van der Waals surface area contributed by atoms with Gasteiger partial charge in [-0.05, 0) is 31.2 Å². The Morgan fingerprint density at radius 1 is 1.11 bits per heavy atom. The van der Waals surface area contributed by atoms with Gasteiger partial charge in [0.05, 0.1) is 35.2 Å². The van der Waals surface area contributed by atoms with E-state index in [1.54, 1.807) is 37.3 Å². The number of amides is 2. The standard InChI is InChI=1S/C24H28B4N6O3/c1-12(21(36)31-16-10-15(33-37-16)11-22(2,3)4)13-6-8-14(9-7-13)18-17(20(30)35)19(29)34(32-18)23(5,25)24(26,27)28/h6-10,12H,11,29H2,1-5H3,(H2,30,35)(H,31,36). The number of nitrogens with two attached hydrogens (primary N) is 2. The smallest absolute Gasteiger partial charge is 0.254 e. The third-order valence-corrected chi connectivity index (χ3v) is 6.08. The van der Waals surface area contributed by atoms with Crippen molar-refractivity contribution in [2.45, 2.75) is 57.5 Å². The number of carbonyl (C=O) groups excluding carboxylic acids is 2. The number of benzene rings is 1. The summed E-state index contributed by atoms with van der Waals surface area (Å²) in [4.78, 5) is 25.0. The van der Waals surface area contributed by atoms with Crippen LogP contribution in [0.15, 0.2) is 34.9 Å². The van der Waals surface area contributed by atoms with Crippen molar-refractivity contribution < 1.29 is 14.1 Å². The van der Waals surface area contributed by atoms with Crippen LogP contribution in [0.3, 0.4) is 0 Å². The van der Waals surface area contributed by atoms with E-state index in [2.05, 4.69) is 36.3 Å². The Balaban J connectivity index is 1.85. The number of hydrogen-bond acceptors (Lipinski definition) is 6. The molecule has 3 aromatic rings. The Morgan fingerprint density at radius 3 is 2.22 bits per heavy atom. The fourth-order valence-electron chi connectivity index (χ4n) is 3.72. The van der Waals surface area contributed by atoms with Gasteiger partial charge in [-0.25, -0.2) is 0 Å². The van der Waals surface area contributed by atoms with Gasteiger partial charge in [-0.2, -0.15) is 5.10 Å². The van der Waals surface area contributed by atoms with Crippen LogP contribution in [0.2, 0.25) is 5.11 Å². The summed E-state index contributed by atoms with van der Waals surface area (Å²) in [5, 5.41) is 9.21. The summed E-state index contributed by atoms with van der Waals surface area (Å²) in [6, 6.07) is 8.54. The Bertz CT molecular complexity index is 1300. The fraction of sp³-hybridized carbons (Fsp3) is 0.417. The highest BCUT2D eigenvalue weighted by atomic mass is 16.5. The molecule has 0 aliphatic rings. The highest BCUT2D eigenvalue weighted by Crippen LogP contribution is 2.38. The molecule has 3 rings (SSSR count). The van der Waals surface area contributed by atoms with Crippen molar-refractivity contribution in [1.82, 2.24) is 14.9 Å². The lowest BCUT2D eigenvalue weighted by Gasteiger charge is -2.41. The Labute approximate surface area is 222 Å². The predicted octanol–water partition coefficient (Wildman–Crippen LogP) is 1.97. The molecule has 0 fully saturated rings. The van der Waals surface area contributed by atoms with Gasteiger partial charge < -0.3 is 16.0 Å². The van der Waals surface area contributed by atoms with Gasteiger partial charge in [0.2, 0.25) is 11.8 Å². The second-order valence-corrected chi connectivity index (χ2v) is 10.7. The summed E-state index contributed by atoms with van der Waals surface area (Å²) in [6.07, 6.45) is 0.711. The summed E-state index contributed by atoms with van der Waals surface area (Å²) in [5.41, 5.74) is 12.2. The summed E-state index contributed by atoms with van der Waals surface area (Å²) in [5.74, 6) is -1.47. The van der Waals surface area contributed by atoms with E-state index in [-0.39, 0.29) is 34.3 Å². The average molecular weight is 492 g/mol. The number of nitrogens with zero attached hydrogens (tertiary/aromatic N) is 3. The molecule has 0 aliphatic carbocycles. The zero-order chi connectivity index (χ0) is 27.9. The molecular weight excluding hydrogens is 464 g/mol. The number of aromatic nitrogens is 3. The van der Waals surface area contributed by atoms with Crippen LogP contribution in [-0.2, 0) is 16.7 Å². The fourth-order valence-corrected chi connectivity index (χ4v) is 3.72. The van der Waals surface area contributed by atoms with Crippen LogP contribution in [0.4, 0.5) is 11.7 Å². The van der Waals surface area contributed by atoms with E-state index in [0.717, 1.165) is 10.4 Å². The molecule has 1 aromatic carbocycles. The normalized spacial score (nSPS) is 14.6. The maximum absolute atomic E-state index is 12.8. The first-order chi connectivity index (χ1) is 16.9. The zero-order valence-electron chi connectivity index (χ0n) is 21.7. The van der Waals surface area contributed by atoms with E-state index in [1.807, 2.05) is 0 Å². The first kappa shape index (κ1) is 28.2. The SMILES string of the molecule is [B]C([B])([B])C([B])(C)n1nc(-c2ccc(C(C)C(=O)Nc3cc(CC(C)(C)C)no3)cc2)c(C(N)=O)c1N. The molecule has 5 N–H and O–H groups in total. The Morgan fingerprint density at radius 2 is 1.70 bits per heavy atom. The zero-order valence-corrected chi connectivity index (χ0v) is 21.7. The van der Waals surface area contributed by atoms with Gasteiger partial charge in [0, 0.05) is 17.1 Å². The Kier molecular flexibility index (Phi) is 7.50. The summed E-state index contributed by atoms with van der Waals surface area (Å²) >= 11 is 0. The van der Waals surface area contributed by atoms with E-state index >= 15 is 0 Å². The first-order valence-electron chi connectivity index (χ1n) is 11.6. The predicted molar refractivity (Wildman–Crippen MR) is 147 cm³/mol. The van der Waals surface area contributed by atoms with Crippen LogP contribution in [0.5, 0.6) is 0 Å². The number of primary amides is 1. The minimum atomic E-state index is -1.91. The number of nitrogens with one attached hydrogen (secondary N) is 1. The van der Waals surface area contributed by atoms with Crippen LogP contribution < -0.4 is 16.8 Å². The third kappa shape index (κ3) is 5.97. The van der Waals surface area contributed by atoms with Crippen molar-refractivity contribution in [3.63, 3.8) is 0 Å². The molecule has 0 saturated carbocycles. The minimum absolute atomic E-state index is 0.0346. The second-order valence-electron chi connectivity index (χ2n) is 10.7. The largest absolute Gasteiger partial charge is 0.383 e. The quantitative estimate of drug-likeness (QED) is 0.411. The van der Waals surface area contributed by atoms with Crippen molar-refractivity contribution in [1.29, 1.82) is 0 Å². The number of nitrogen functional groups attached to an aromatic ring is 1. The van der Waals surface area contributed by atoms with Crippen molar-refractivity contribution >= 4 is 54.9 Å². The lowest BCUT2D eigenvalue weighted by atomic mass is 9.31. The lowest BCUT2D eigenvalue weighted by molar-refractivity contribution is -0.117. The molecule has 2 aromatic heterocycles. The highest BCUT2D eigenvalue weighted by Gasteiger charge is 2.37. The maximum Gasteiger partial charge on any atom is 0.254 e. The van der Waals surface area contributed by atoms with E-state index in [9.17, 15) is 9.59 Å². The van der Waals surface area contributed by atoms with Crippen LogP contribution in [0.1, 0.15) is 62.2 Å². The van der Waals surface area contributed by atoms with Crippen molar-refractivity contribution in [2.24, 2.45) is 11.1 Å². The van der Waals surface area contributed by atoms with Gasteiger partial charge in [-0.3, -0.25) is 19.6 Å². The van der Waals surface area contributed by atoms with Gasteiger partial charge >= 0.3 is 0 Å². The summed E-state index contributed by atoms with van der Waals surface area (Å²) in [6.45, 7) is 9.45. The molecule has 184 valence electrons. The third-order valence-electron chi connectivity index (χ3n) is 6.08. The number of rotatable bonds is 8. The molecule has 0 bridgehead atoms. The minimum Gasteiger partial charge on any atom is -0.383 e. The van der Waals surface area contributed by atoms with Crippen LogP contribution >= 0.6 is 0 Å². The maximum atomic E-state index is 12.8. The molecule has 2 amide bonds. The Hall–Kier alpha value is -3.36. The van der Waals surface area contributed by atoms with Crippen LogP contribution in [0.25, 0.3) is 11.3 Å². The monoisotopic (exact) mass is 492 g/mol. The second kappa shape index (κ2) is 9.83. The van der Waals surface area contributed by atoms with Gasteiger partial charge in [0.25, 0.3) is 5.91 Å². The molecular formula is C24H28B4N6O3. The molecule has 0 saturated heterocycles. The number of anilines is 2. The van der Waals surface area contributed by atoms with Gasteiger partial charge in [0.1, 0.15) is 24.9 Å². The topological polar surface area (TPSA) is 142 Å². The number of hydrogen-bond donors (Lipinski definition) is 3. The van der Waals surface area contributed by atoms with Crippen LogP contribution in [0, 0.1) is 5.41 Å². The van der Waals surface area contributed by atoms with Crippen molar-refractivity contribution in [2.75, 3.05) is 11.1 Å². The molecule has 0 spiro atoms. The van der Waals surface area contributed by atoms with E-state index in [4.69, 9.17) is 47.4 Å². The highest BCUT2D eigenvalue weighted by molar-refractivity contribution is 6.62. The summed E-state index contributed by atoms with van der Waals surface area (Å²) in [7, 11) is 23.6. The van der Waals surface area contributed by atoms with E-state index in [0.29, 0.717) is 17.5 Å². The first-order valence-corrected chi connectivity index (χ1v) is 11.6. The molecule has 9 nitrogen and oxygen atoms in total. The molecule has 0 aliphatic heterocycles. The molecule has 2 unspecified atom stereocenters. The van der Waals surface area contributed by atoms with Gasteiger partial charge in [-0.1, -0.05) is 50.2 Å². The van der Waals surface area contributed by atoms with Crippen LogP contribution in [-0.4, -0.2) is 58.1 Å². The molecule has 2 heterocycles. The molecule has 13 heteroatoms. The van der Waals surface area contributed by atoms with Crippen molar-refractivity contribution in [3.8, 4) is 11.3 Å². The van der Waals surface area contributed by atoms with Crippen molar-refractivity contribution in [3.05, 3.63) is 47.2 Å². The van der Waals surface area contributed by atoms with Gasteiger partial charge in [-0.15, -0.1) is 5.11 Å². The van der Waals surface area contributed by atoms with E-state index < -0.39 is 22.4 Å². The number of carbonyl (C=O) groups is 2. The molecule has 37 heavy (non-hydrogen) atoms. The lowest BCUT2D eigenvalue weighted by Crippen LogP contribution is -2.46. The molecule has 8 radical (unpaired) electrons. The van der Waals surface area contributed by atoms with Gasteiger partial charge in [0.15, 0.2) is 0 Å². The summed E-state index contributed by atoms with van der Waals surface area (Å²) < 4.78 is 6.34.